The second-order valence-corrected chi connectivity index (χ2v) is 18.5. The summed E-state index contributed by atoms with van der Waals surface area (Å²) in [5.74, 6) is 1.84. The molecule has 1 aliphatic carbocycles. The first kappa shape index (κ1) is 37.2. The molecule has 0 radical (unpaired) electrons. The van der Waals surface area contributed by atoms with Gasteiger partial charge in [0, 0.05) is 48.5 Å². The highest BCUT2D eigenvalue weighted by molar-refractivity contribution is 7.26. The van der Waals surface area contributed by atoms with Crippen LogP contribution < -0.4 is 9.64 Å². The number of hydrogen-bond donors (Lipinski definition) is 0. The minimum atomic E-state index is -0.657. The molecular formula is C63H39NOS. The van der Waals surface area contributed by atoms with E-state index in [9.17, 15) is 0 Å². The predicted octanol–water partition coefficient (Wildman–Crippen LogP) is 17.6. The van der Waals surface area contributed by atoms with Gasteiger partial charge in [-0.15, -0.1) is 11.3 Å². The van der Waals surface area contributed by atoms with Crippen LogP contribution in [0.15, 0.2) is 237 Å². The molecule has 14 rings (SSSR count). The maximum absolute atomic E-state index is 7.28. The van der Waals surface area contributed by atoms with E-state index in [2.05, 4.69) is 241 Å². The standard InChI is InChI=1S/C63H39NOS/c1-2-18-40(19-3-1)43-22-9-13-32-55(43)64(57-34-17-29-49-47-26-11-15-35-58(47)66-62(49)57)56-33-14-10-25-46(56)48-28-16-31-52-59(48)50-27-8-12-30-51(50)63(52)53-38-36-41-20-4-6-23-44(41)60(53)65-61-45-24-7-5-21-42(45)37-39-54(61)63/h1-39H. The molecule has 11 aromatic carbocycles. The summed E-state index contributed by atoms with van der Waals surface area (Å²) in [6.45, 7) is 0. The molecule has 0 atom stereocenters. The SMILES string of the molecule is c1ccc(-c2ccccc2N(c2ccccc2-c2cccc3c2-c2ccccc2C32c3ccc4ccccc4c3Oc3c2ccc2ccccc32)c2cccc3c2sc2ccccc23)cc1. The molecule has 0 bridgehead atoms. The third-order valence-electron chi connectivity index (χ3n) is 14.1. The van der Waals surface area contributed by atoms with Gasteiger partial charge in [-0.05, 0) is 68.4 Å². The predicted molar refractivity (Wildman–Crippen MR) is 277 cm³/mol. The van der Waals surface area contributed by atoms with Crippen LogP contribution in [0.5, 0.6) is 11.5 Å². The second-order valence-electron chi connectivity index (χ2n) is 17.4. The number of fused-ring (bicyclic) bond motifs is 16. The Bertz CT molecular complexity index is 3850. The molecule has 308 valence electrons. The van der Waals surface area contributed by atoms with Gasteiger partial charge in [-0.1, -0.05) is 212 Å². The highest BCUT2D eigenvalue weighted by Crippen LogP contribution is 2.65. The van der Waals surface area contributed by atoms with Crippen molar-refractivity contribution >= 4 is 70.1 Å². The smallest absolute Gasteiger partial charge is 0.140 e. The van der Waals surface area contributed by atoms with Gasteiger partial charge < -0.3 is 9.64 Å². The monoisotopic (exact) mass is 857 g/mol. The van der Waals surface area contributed by atoms with Crippen LogP contribution in [0.1, 0.15) is 22.3 Å². The van der Waals surface area contributed by atoms with Crippen molar-refractivity contribution in [1.29, 1.82) is 0 Å². The van der Waals surface area contributed by atoms with E-state index in [0.717, 1.165) is 66.8 Å². The van der Waals surface area contributed by atoms with Crippen molar-refractivity contribution in [3.63, 3.8) is 0 Å². The molecular weight excluding hydrogens is 819 g/mol. The normalized spacial score (nSPS) is 13.1. The van der Waals surface area contributed by atoms with Crippen molar-refractivity contribution in [3.05, 3.63) is 259 Å². The van der Waals surface area contributed by atoms with Crippen LogP contribution in [0.4, 0.5) is 17.1 Å². The van der Waals surface area contributed by atoms with E-state index >= 15 is 0 Å². The van der Waals surface area contributed by atoms with E-state index in [1.165, 1.54) is 59.1 Å². The van der Waals surface area contributed by atoms with Gasteiger partial charge >= 0.3 is 0 Å². The summed E-state index contributed by atoms with van der Waals surface area (Å²) in [4.78, 5) is 2.53. The van der Waals surface area contributed by atoms with Crippen molar-refractivity contribution in [2.75, 3.05) is 4.90 Å². The van der Waals surface area contributed by atoms with Crippen LogP contribution >= 0.6 is 11.3 Å². The Morgan fingerprint density at radius 1 is 0.333 bits per heavy atom. The van der Waals surface area contributed by atoms with Gasteiger partial charge in [0.1, 0.15) is 11.5 Å². The Labute approximate surface area is 386 Å². The maximum Gasteiger partial charge on any atom is 0.140 e. The molecule has 12 aromatic rings. The third-order valence-corrected chi connectivity index (χ3v) is 15.3. The van der Waals surface area contributed by atoms with Crippen molar-refractivity contribution in [2.45, 2.75) is 5.41 Å². The average Bonchev–Trinajstić information content (AvgIpc) is 3.92. The van der Waals surface area contributed by atoms with Gasteiger partial charge in [0.2, 0.25) is 0 Å². The van der Waals surface area contributed by atoms with Gasteiger partial charge in [0.25, 0.3) is 0 Å². The Balaban J connectivity index is 1.08. The Hall–Kier alpha value is -8.24. The Morgan fingerprint density at radius 2 is 0.848 bits per heavy atom. The molecule has 0 fully saturated rings. The molecule has 0 amide bonds. The van der Waals surface area contributed by atoms with Crippen molar-refractivity contribution in [3.8, 4) is 44.9 Å². The molecule has 66 heavy (non-hydrogen) atoms. The largest absolute Gasteiger partial charge is 0.455 e. The number of rotatable bonds is 5. The minimum absolute atomic E-state index is 0.657. The van der Waals surface area contributed by atoms with Crippen LogP contribution in [0.2, 0.25) is 0 Å². The molecule has 2 heterocycles. The molecule has 2 nitrogen and oxygen atoms in total. The minimum Gasteiger partial charge on any atom is -0.455 e. The van der Waals surface area contributed by atoms with Crippen molar-refractivity contribution in [2.24, 2.45) is 0 Å². The molecule has 0 saturated carbocycles. The number of ether oxygens (including phenoxy) is 1. The number of anilines is 3. The summed E-state index contributed by atoms with van der Waals surface area (Å²) in [5, 5.41) is 7.10. The summed E-state index contributed by atoms with van der Waals surface area (Å²) >= 11 is 1.87. The second kappa shape index (κ2) is 14.4. The van der Waals surface area contributed by atoms with E-state index < -0.39 is 5.41 Å². The zero-order valence-corrected chi connectivity index (χ0v) is 36.6. The summed E-state index contributed by atoms with van der Waals surface area (Å²) in [7, 11) is 0. The number of thiophene rings is 1. The first-order valence-corrected chi connectivity index (χ1v) is 23.5. The lowest BCUT2D eigenvalue weighted by Gasteiger charge is -2.40. The number of hydrogen-bond acceptors (Lipinski definition) is 3. The lowest BCUT2D eigenvalue weighted by atomic mass is 9.65. The first-order chi connectivity index (χ1) is 32.8. The Kier molecular flexibility index (Phi) is 8.10. The van der Waals surface area contributed by atoms with Gasteiger partial charge in [0.15, 0.2) is 0 Å². The Morgan fingerprint density at radius 3 is 1.59 bits per heavy atom. The molecule has 2 aliphatic rings. The highest BCUT2D eigenvalue weighted by Gasteiger charge is 2.52. The van der Waals surface area contributed by atoms with E-state index in [1.54, 1.807) is 0 Å². The van der Waals surface area contributed by atoms with Crippen LogP contribution in [0, 0.1) is 0 Å². The molecule has 1 spiro atoms. The van der Waals surface area contributed by atoms with E-state index in [-0.39, 0.29) is 0 Å². The maximum atomic E-state index is 7.28. The van der Waals surface area contributed by atoms with Crippen LogP contribution in [-0.4, -0.2) is 0 Å². The van der Waals surface area contributed by atoms with E-state index in [1.807, 2.05) is 11.3 Å². The van der Waals surface area contributed by atoms with Crippen LogP contribution in [0.3, 0.4) is 0 Å². The highest BCUT2D eigenvalue weighted by atomic mass is 32.1. The quantitative estimate of drug-likeness (QED) is 0.171. The first-order valence-electron chi connectivity index (χ1n) is 22.7. The van der Waals surface area contributed by atoms with Gasteiger partial charge in [-0.2, -0.15) is 0 Å². The fourth-order valence-corrected chi connectivity index (χ4v) is 12.6. The van der Waals surface area contributed by atoms with Gasteiger partial charge in [-0.3, -0.25) is 0 Å². The zero-order valence-electron chi connectivity index (χ0n) is 35.8. The van der Waals surface area contributed by atoms with E-state index in [4.69, 9.17) is 4.74 Å². The zero-order chi connectivity index (χ0) is 43.3. The molecule has 0 saturated heterocycles. The van der Waals surface area contributed by atoms with E-state index in [0.29, 0.717) is 0 Å². The summed E-state index contributed by atoms with van der Waals surface area (Å²) in [5.41, 5.74) is 14.8. The lowest BCUT2D eigenvalue weighted by Crippen LogP contribution is -2.32. The summed E-state index contributed by atoms with van der Waals surface area (Å²) < 4.78 is 9.82. The lowest BCUT2D eigenvalue weighted by molar-refractivity contribution is 0.447. The molecule has 1 aromatic heterocycles. The van der Waals surface area contributed by atoms with Crippen molar-refractivity contribution < 1.29 is 4.74 Å². The molecule has 1 aliphatic heterocycles. The van der Waals surface area contributed by atoms with Crippen molar-refractivity contribution in [1.82, 2.24) is 0 Å². The van der Waals surface area contributed by atoms with Crippen LogP contribution in [0.25, 0.3) is 75.1 Å². The number of para-hydroxylation sites is 2. The number of nitrogens with zero attached hydrogens (tertiary/aromatic N) is 1. The van der Waals surface area contributed by atoms with Gasteiger partial charge in [0.05, 0.1) is 27.2 Å². The summed E-state index contributed by atoms with van der Waals surface area (Å²) in [6, 6.07) is 87.0. The van der Waals surface area contributed by atoms with Gasteiger partial charge in [-0.25, -0.2) is 0 Å². The third kappa shape index (κ3) is 5.17. The molecule has 0 unspecified atom stereocenters. The topological polar surface area (TPSA) is 12.5 Å². The molecule has 0 N–H and O–H groups in total. The fourth-order valence-electron chi connectivity index (χ4n) is 11.4. The van der Waals surface area contributed by atoms with Crippen LogP contribution in [-0.2, 0) is 5.41 Å². The molecule has 3 heteroatoms. The average molecular weight is 858 g/mol. The number of benzene rings is 11. The fraction of sp³-hybridized carbons (Fsp3) is 0.0159. The summed E-state index contributed by atoms with van der Waals surface area (Å²) in [6.07, 6.45) is 0.